The number of nitrogens with one attached hydrogen (secondary N) is 2. The minimum absolute atomic E-state index is 0.0884. The van der Waals surface area contributed by atoms with Crippen LogP contribution in [0.15, 0.2) is 48.5 Å². The van der Waals surface area contributed by atoms with Crippen molar-refractivity contribution < 1.29 is 13.9 Å². The number of rotatable bonds is 5. The summed E-state index contributed by atoms with van der Waals surface area (Å²) in [6.45, 7) is 1.27. The van der Waals surface area contributed by atoms with E-state index in [2.05, 4.69) is 10.6 Å². The number of amides is 1. The van der Waals surface area contributed by atoms with E-state index in [9.17, 15) is 9.18 Å². The number of ether oxygens (including phenoxy) is 1. The molecule has 2 N–H and O–H groups in total. The first kappa shape index (κ1) is 15.5. The lowest BCUT2D eigenvalue weighted by Gasteiger charge is -2.11. The second-order valence-electron chi connectivity index (χ2n) is 5.55. The van der Waals surface area contributed by atoms with Gasteiger partial charge >= 0.3 is 0 Å². The molecule has 120 valence electrons. The molecule has 0 aromatic heterocycles. The highest BCUT2D eigenvalue weighted by molar-refractivity contribution is 5.94. The summed E-state index contributed by atoms with van der Waals surface area (Å²) in [5.74, 6) is -0.324. The van der Waals surface area contributed by atoms with Gasteiger partial charge in [-0.25, -0.2) is 4.39 Å². The van der Waals surface area contributed by atoms with E-state index in [-0.39, 0.29) is 17.8 Å². The maximum atomic E-state index is 12.8. The van der Waals surface area contributed by atoms with E-state index in [1.807, 2.05) is 24.3 Å². The minimum Gasteiger partial charge on any atom is -0.381 e. The average molecular weight is 314 g/mol. The van der Waals surface area contributed by atoms with Crippen molar-refractivity contribution in [3.63, 3.8) is 0 Å². The summed E-state index contributed by atoms with van der Waals surface area (Å²) < 4.78 is 18.2. The molecule has 3 rings (SSSR count). The molecule has 0 spiro atoms. The molecule has 2 aromatic carbocycles. The fourth-order valence-corrected chi connectivity index (χ4v) is 2.48. The van der Waals surface area contributed by atoms with Crippen molar-refractivity contribution in [2.24, 2.45) is 0 Å². The van der Waals surface area contributed by atoms with Gasteiger partial charge in [0.2, 0.25) is 0 Å². The first-order valence-electron chi connectivity index (χ1n) is 7.71. The number of hydrogen-bond donors (Lipinski definition) is 2. The van der Waals surface area contributed by atoms with Crippen LogP contribution in [0, 0.1) is 5.82 Å². The van der Waals surface area contributed by atoms with Crippen molar-refractivity contribution in [3.05, 3.63) is 59.9 Å². The highest BCUT2D eigenvalue weighted by atomic mass is 19.1. The van der Waals surface area contributed by atoms with Crippen molar-refractivity contribution in [1.82, 2.24) is 0 Å². The normalized spacial score (nSPS) is 17.0. The van der Waals surface area contributed by atoms with Crippen molar-refractivity contribution in [3.8, 4) is 0 Å². The number of benzene rings is 2. The van der Waals surface area contributed by atoms with Crippen LogP contribution in [0.2, 0.25) is 0 Å². The Bertz CT molecular complexity index is 650. The van der Waals surface area contributed by atoms with Gasteiger partial charge in [0.05, 0.1) is 0 Å². The zero-order chi connectivity index (χ0) is 16.1. The van der Waals surface area contributed by atoms with E-state index in [0.29, 0.717) is 13.2 Å². The minimum atomic E-state index is -0.328. The van der Waals surface area contributed by atoms with Crippen molar-refractivity contribution in [1.29, 1.82) is 0 Å². The SMILES string of the molecule is O=C(Nc1ccc(NCc2ccc(F)cc2)cc1)C1CCCO1. The molecule has 1 unspecified atom stereocenters. The topological polar surface area (TPSA) is 50.4 Å². The fourth-order valence-electron chi connectivity index (χ4n) is 2.48. The third-order valence-electron chi connectivity index (χ3n) is 3.78. The van der Waals surface area contributed by atoms with E-state index < -0.39 is 0 Å². The summed E-state index contributed by atoms with van der Waals surface area (Å²) in [6.07, 6.45) is 1.39. The van der Waals surface area contributed by atoms with Crippen LogP contribution in [0.5, 0.6) is 0 Å². The second-order valence-corrected chi connectivity index (χ2v) is 5.55. The van der Waals surface area contributed by atoms with E-state index >= 15 is 0 Å². The molecule has 0 aliphatic carbocycles. The van der Waals surface area contributed by atoms with Crippen LogP contribution in [-0.2, 0) is 16.1 Å². The van der Waals surface area contributed by atoms with Gasteiger partial charge < -0.3 is 15.4 Å². The number of carbonyl (C=O) groups excluding carboxylic acids is 1. The molecule has 4 nitrogen and oxygen atoms in total. The summed E-state index contributed by atoms with van der Waals surface area (Å²) in [5.41, 5.74) is 2.68. The van der Waals surface area contributed by atoms with Crippen LogP contribution in [-0.4, -0.2) is 18.6 Å². The first-order chi connectivity index (χ1) is 11.2. The lowest BCUT2D eigenvalue weighted by atomic mass is 10.2. The number of anilines is 2. The lowest BCUT2D eigenvalue weighted by molar-refractivity contribution is -0.124. The van der Waals surface area contributed by atoms with Gasteiger partial charge in [-0.3, -0.25) is 4.79 Å². The number of hydrogen-bond acceptors (Lipinski definition) is 3. The number of halogens is 1. The zero-order valence-electron chi connectivity index (χ0n) is 12.7. The van der Waals surface area contributed by atoms with E-state index in [1.54, 1.807) is 12.1 Å². The van der Waals surface area contributed by atoms with Gasteiger partial charge in [0.25, 0.3) is 5.91 Å². The molecule has 1 saturated heterocycles. The summed E-state index contributed by atoms with van der Waals surface area (Å²) >= 11 is 0. The predicted molar refractivity (Wildman–Crippen MR) is 87.8 cm³/mol. The molecule has 2 aromatic rings. The Labute approximate surface area is 134 Å². The molecule has 1 heterocycles. The molecule has 0 saturated carbocycles. The van der Waals surface area contributed by atoms with Gasteiger partial charge in [0, 0.05) is 24.5 Å². The van der Waals surface area contributed by atoms with Crippen LogP contribution in [0.3, 0.4) is 0 Å². The Balaban J connectivity index is 1.52. The smallest absolute Gasteiger partial charge is 0.253 e. The Kier molecular flexibility index (Phi) is 4.88. The first-order valence-corrected chi connectivity index (χ1v) is 7.71. The molecular weight excluding hydrogens is 295 g/mol. The van der Waals surface area contributed by atoms with Crippen LogP contribution in [0.25, 0.3) is 0 Å². The van der Waals surface area contributed by atoms with Gasteiger partial charge in [-0.2, -0.15) is 0 Å². The van der Waals surface area contributed by atoms with Crippen molar-refractivity contribution in [2.75, 3.05) is 17.2 Å². The van der Waals surface area contributed by atoms with Crippen LogP contribution in [0.1, 0.15) is 18.4 Å². The predicted octanol–water partition coefficient (Wildman–Crippen LogP) is 3.56. The lowest BCUT2D eigenvalue weighted by Crippen LogP contribution is -2.26. The molecule has 1 aliphatic rings. The van der Waals surface area contributed by atoms with Gasteiger partial charge in [-0.05, 0) is 54.8 Å². The van der Waals surface area contributed by atoms with Crippen molar-refractivity contribution in [2.45, 2.75) is 25.5 Å². The number of carbonyl (C=O) groups is 1. The highest BCUT2D eigenvalue weighted by Gasteiger charge is 2.23. The molecule has 0 radical (unpaired) electrons. The molecule has 1 fully saturated rings. The summed E-state index contributed by atoms with van der Waals surface area (Å²) in [7, 11) is 0. The quantitative estimate of drug-likeness (QED) is 0.887. The van der Waals surface area contributed by atoms with Crippen molar-refractivity contribution >= 4 is 17.3 Å². The summed E-state index contributed by atoms with van der Waals surface area (Å²) in [4.78, 5) is 12.0. The Morgan fingerprint density at radius 3 is 2.43 bits per heavy atom. The third-order valence-corrected chi connectivity index (χ3v) is 3.78. The maximum Gasteiger partial charge on any atom is 0.253 e. The molecule has 5 heteroatoms. The maximum absolute atomic E-state index is 12.8. The summed E-state index contributed by atoms with van der Waals surface area (Å²) in [5, 5.41) is 6.11. The molecule has 1 aliphatic heterocycles. The summed E-state index contributed by atoms with van der Waals surface area (Å²) in [6, 6.07) is 13.9. The van der Waals surface area contributed by atoms with Crippen LogP contribution >= 0.6 is 0 Å². The van der Waals surface area contributed by atoms with Gasteiger partial charge in [0.15, 0.2) is 0 Å². The third kappa shape index (κ3) is 4.29. The monoisotopic (exact) mass is 314 g/mol. The Hall–Kier alpha value is -2.40. The van der Waals surface area contributed by atoms with Gasteiger partial charge in [-0.1, -0.05) is 12.1 Å². The van der Waals surface area contributed by atoms with E-state index in [4.69, 9.17) is 4.74 Å². The molecular formula is C18H19FN2O2. The fraction of sp³-hybridized carbons (Fsp3) is 0.278. The molecule has 0 bridgehead atoms. The van der Waals surface area contributed by atoms with Gasteiger partial charge in [-0.15, -0.1) is 0 Å². The average Bonchev–Trinajstić information content (AvgIpc) is 3.10. The largest absolute Gasteiger partial charge is 0.381 e. The van der Waals surface area contributed by atoms with Crippen LogP contribution in [0.4, 0.5) is 15.8 Å². The Morgan fingerprint density at radius 2 is 1.78 bits per heavy atom. The van der Waals surface area contributed by atoms with E-state index in [0.717, 1.165) is 29.8 Å². The molecule has 23 heavy (non-hydrogen) atoms. The molecule has 1 amide bonds. The van der Waals surface area contributed by atoms with Crippen LogP contribution < -0.4 is 10.6 Å². The zero-order valence-corrected chi connectivity index (χ0v) is 12.7. The standard InChI is InChI=1S/C18H19FN2O2/c19-14-5-3-13(4-6-14)12-20-15-7-9-16(10-8-15)21-18(22)17-2-1-11-23-17/h3-10,17,20H,1-2,11-12H2,(H,21,22). The van der Waals surface area contributed by atoms with Gasteiger partial charge in [0.1, 0.15) is 11.9 Å². The van der Waals surface area contributed by atoms with E-state index in [1.165, 1.54) is 12.1 Å². The molecule has 1 atom stereocenters. The Morgan fingerprint density at radius 1 is 1.09 bits per heavy atom. The second kappa shape index (κ2) is 7.24. The highest BCUT2D eigenvalue weighted by Crippen LogP contribution is 2.18.